The van der Waals surface area contributed by atoms with E-state index in [-0.39, 0.29) is 17.7 Å². The minimum Gasteiger partial charge on any atom is -0.454 e. The molecule has 0 spiro atoms. The summed E-state index contributed by atoms with van der Waals surface area (Å²) < 4.78 is 9.61. The first kappa shape index (κ1) is 41.3. The molecule has 0 bridgehead atoms. The number of nitrogens with zero attached hydrogens (tertiary/aromatic N) is 3. The van der Waals surface area contributed by atoms with Crippen molar-refractivity contribution in [2.75, 3.05) is 14.7 Å². The molecular weight excluding hydrogens is 882 g/mol. The first-order valence-electron chi connectivity index (χ1n) is 25.5. The van der Waals surface area contributed by atoms with Gasteiger partial charge in [0.05, 0.1) is 21.6 Å². The van der Waals surface area contributed by atoms with Crippen molar-refractivity contribution in [2.24, 2.45) is 0 Å². The molecule has 4 aliphatic rings. The molecule has 1 fully saturated rings. The van der Waals surface area contributed by atoms with Crippen LogP contribution in [-0.4, -0.2) is 12.3 Å². The van der Waals surface area contributed by atoms with Crippen LogP contribution in [0.5, 0.6) is 0 Å². The topological polar surface area (TPSA) is 22.9 Å². The molecule has 0 saturated heterocycles. The zero-order chi connectivity index (χ0) is 47.5. The molecule has 11 aromatic rings. The number of anilines is 8. The molecule has 0 N–H and O–H groups in total. The van der Waals surface area contributed by atoms with Crippen LogP contribution in [0.25, 0.3) is 53.2 Å². The lowest BCUT2D eigenvalue weighted by atomic mass is 9.33. The number of fused-ring (bicyclic) bond motifs is 13. The number of furan rings is 1. The molecule has 71 heavy (non-hydrogen) atoms. The summed E-state index contributed by atoms with van der Waals surface area (Å²) in [7, 11) is 0. The number of benzene rings is 9. The number of hydrogen-bond acceptors (Lipinski definition) is 5. The Labute approximate surface area is 419 Å². The standard InChI is InChI=1S/C65H52BN3OS/c1-39-33-41(3)60-55(34-39)69(65(5)32-14-13-31-64(60,65)4)44-28-30-50-54(38-44)67(51-23-15-21-47-45-19-9-11-25-58(45)70-62(47)51)56-35-40(2)36-57-61(56)66(50)49-29-27-43(42-17-7-6-8-18-42)37-53(49)68(57)52-24-16-22-48-46-20-10-12-26-59(46)71-63(48)52/h6-12,15-30,33-38H,13-14,31-32H2,1-5H3. The van der Waals surface area contributed by atoms with Gasteiger partial charge in [-0.15, -0.1) is 11.3 Å². The van der Waals surface area contributed by atoms with Crippen molar-refractivity contribution < 1.29 is 4.42 Å². The molecule has 2 aromatic heterocycles. The monoisotopic (exact) mass is 933 g/mol. The molecule has 1 saturated carbocycles. The smallest absolute Gasteiger partial charge is 0.252 e. The highest BCUT2D eigenvalue weighted by atomic mass is 32.1. The lowest BCUT2D eigenvalue weighted by Crippen LogP contribution is -2.61. The molecule has 0 radical (unpaired) electrons. The number of thiophene rings is 1. The van der Waals surface area contributed by atoms with Crippen LogP contribution in [0.1, 0.15) is 61.8 Å². The van der Waals surface area contributed by atoms with Crippen molar-refractivity contribution in [3.8, 4) is 11.1 Å². The van der Waals surface area contributed by atoms with E-state index in [0.717, 1.165) is 34.0 Å². The van der Waals surface area contributed by atoms with E-state index in [1.165, 1.54) is 129 Å². The summed E-state index contributed by atoms with van der Waals surface area (Å²) in [5.41, 5.74) is 23.2. The minimum absolute atomic E-state index is 0.0198. The van der Waals surface area contributed by atoms with Gasteiger partial charge in [-0.05, 0) is 151 Å². The number of aryl methyl sites for hydroxylation is 3. The maximum absolute atomic E-state index is 7.02. The Bertz CT molecular complexity index is 4080. The molecule has 4 nitrogen and oxygen atoms in total. The first-order chi connectivity index (χ1) is 34.7. The molecule has 1 aliphatic carbocycles. The van der Waals surface area contributed by atoms with Crippen molar-refractivity contribution >= 4 is 122 Å². The van der Waals surface area contributed by atoms with Gasteiger partial charge in [-0.3, -0.25) is 0 Å². The molecule has 9 aromatic carbocycles. The second-order valence-electron chi connectivity index (χ2n) is 21.3. The van der Waals surface area contributed by atoms with Crippen LogP contribution < -0.4 is 31.1 Å². The second kappa shape index (κ2) is 14.8. The Hall–Kier alpha value is -7.54. The Kier molecular flexibility index (Phi) is 8.58. The fourth-order valence-electron chi connectivity index (χ4n) is 14.2. The Balaban J connectivity index is 1.04. The van der Waals surface area contributed by atoms with Gasteiger partial charge in [0.25, 0.3) is 6.71 Å². The maximum atomic E-state index is 7.02. The zero-order valence-electron chi connectivity index (χ0n) is 40.8. The van der Waals surface area contributed by atoms with Crippen LogP contribution in [0.3, 0.4) is 0 Å². The van der Waals surface area contributed by atoms with E-state index < -0.39 is 0 Å². The molecule has 5 heterocycles. The molecule has 342 valence electrons. The Morgan fingerprint density at radius 2 is 1.15 bits per heavy atom. The highest BCUT2D eigenvalue weighted by Gasteiger charge is 2.58. The van der Waals surface area contributed by atoms with Crippen LogP contribution in [0.4, 0.5) is 45.5 Å². The van der Waals surface area contributed by atoms with E-state index in [1.54, 1.807) is 0 Å². The predicted octanol–water partition coefficient (Wildman–Crippen LogP) is 16.4. The van der Waals surface area contributed by atoms with Gasteiger partial charge in [0.1, 0.15) is 5.58 Å². The van der Waals surface area contributed by atoms with Gasteiger partial charge in [0.2, 0.25) is 0 Å². The third-order valence-electron chi connectivity index (χ3n) is 17.3. The molecule has 6 heteroatoms. The van der Waals surface area contributed by atoms with Crippen LogP contribution in [0.2, 0.25) is 0 Å². The lowest BCUT2D eigenvalue weighted by molar-refractivity contribution is 0.194. The van der Waals surface area contributed by atoms with Gasteiger partial charge in [-0.1, -0.05) is 135 Å². The van der Waals surface area contributed by atoms with Crippen LogP contribution in [0.15, 0.2) is 180 Å². The van der Waals surface area contributed by atoms with Crippen molar-refractivity contribution in [1.82, 2.24) is 0 Å². The highest BCUT2D eigenvalue weighted by molar-refractivity contribution is 7.26. The van der Waals surface area contributed by atoms with Crippen LogP contribution in [-0.2, 0) is 5.41 Å². The highest BCUT2D eigenvalue weighted by Crippen LogP contribution is 2.62. The summed E-state index contributed by atoms with van der Waals surface area (Å²) in [5, 5.41) is 4.85. The number of rotatable bonds is 4. The molecule has 0 amide bonds. The van der Waals surface area contributed by atoms with Crippen LogP contribution >= 0.6 is 11.3 Å². The van der Waals surface area contributed by atoms with Crippen LogP contribution in [0, 0.1) is 20.8 Å². The van der Waals surface area contributed by atoms with E-state index in [2.05, 4.69) is 225 Å². The normalized spacial score (nSPS) is 18.8. The molecule has 3 aliphatic heterocycles. The average molecular weight is 934 g/mol. The third kappa shape index (κ3) is 5.57. The number of hydrogen-bond donors (Lipinski definition) is 0. The van der Waals surface area contributed by atoms with Crippen molar-refractivity contribution in [1.29, 1.82) is 0 Å². The van der Waals surface area contributed by atoms with Gasteiger partial charge in [-0.2, -0.15) is 0 Å². The molecule has 2 atom stereocenters. The average Bonchev–Trinajstić information content (AvgIpc) is 4.03. The van der Waals surface area contributed by atoms with E-state index in [0.29, 0.717) is 0 Å². The molecular formula is C65H52BN3OS. The minimum atomic E-state index is -0.0975. The fourth-order valence-corrected chi connectivity index (χ4v) is 15.4. The predicted molar refractivity (Wildman–Crippen MR) is 303 cm³/mol. The lowest BCUT2D eigenvalue weighted by Gasteiger charge is -2.51. The Morgan fingerprint density at radius 1 is 0.507 bits per heavy atom. The zero-order valence-corrected chi connectivity index (χ0v) is 41.6. The van der Waals surface area contributed by atoms with Gasteiger partial charge in [-0.25, -0.2) is 0 Å². The Morgan fingerprint density at radius 3 is 1.99 bits per heavy atom. The maximum Gasteiger partial charge on any atom is 0.252 e. The van der Waals surface area contributed by atoms with Gasteiger partial charge in [0, 0.05) is 65.8 Å². The summed E-state index contributed by atoms with van der Waals surface area (Å²) in [6.07, 6.45) is 4.81. The van der Waals surface area contributed by atoms with E-state index >= 15 is 0 Å². The number of para-hydroxylation sites is 2. The summed E-state index contributed by atoms with van der Waals surface area (Å²) in [6.45, 7) is 12.0. The van der Waals surface area contributed by atoms with Gasteiger partial charge < -0.3 is 19.1 Å². The quantitative estimate of drug-likeness (QED) is 0.164. The van der Waals surface area contributed by atoms with Crippen molar-refractivity contribution in [2.45, 2.75) is 71.3 Å². The molecule has 2 unspecified atom stereocenters. The summed E-state index contributed by atoms with van der Waals surface area (Å²) in [4.78, 5) is 7.96. The summed E-state index contributed by atoms with van der Waals surface area (Å²) in [5.74, 6) is 0. The van der Waals surface area contributed by atoms with E-state index in [4.69, 9.17) is 4.42 Å². The summed E-state index contributed by atoms with van der Waals surface area (Å²) >= 11 is 1.90. The largest absolute Gasteiger partial charge is 0.454 e. The van der Waals surface area contributed by atoms with E-state index in [1.807, 2.05) is 11.3 Å². The fraction of sp³-hybridized carbons (Fsp3) is 0.169. The van der Waals surface area contributed by atoms with Gasteiger partial charge >= 0.3 is 0 Å². The van der Waals surface area contributed by atoms with Crippen molar-refractivity contribution in [3.63, 3.8) is 0 Å². The molecule has 15 rings (SSSR count). The SMILES string of the molecule is Cc1cc2c3c(c1)N(c1cccc4c1sc1ccccc14)c1cc(-c4ccccc4)ccc1B3c1ccc(N3c4cc(C)cc(C)c4C4(C)CCCCC34C)cc1N2c1cccc2c1oc1ccccc12. The first-order valence-corrected chi connectivity index (χ1v) is 26.3. The van der Waals surface area contributed by atoms with Crippen molar-refractivity contribution in [3.05, 3.63) is 198 Å². The second-order valence-corrected chi connectivity index (χ2v) is 22.4. The summed E-state index contributed by atoms with van der Waals surface area (Å²) in [6, 6.07) is 66.5. The third-order valence-corrected chi connectivity index (χ3v) is 18.5. The van der Waals surface area contributed by atoms with E-state index in [9.17, 15) is 0 Å². The van der Waals surface area contributed by atoms with Gasteiger partial charge in [0.15, 0.2) is 5.58 Å².